The summed E-state index contributed by atoms with van der Waals surface area (Å²) in [6.45, 7) is 0.602. The van der Waals surface area contributed by atoms with Crippen molar-refractivity contribution in [2.75, 3.05) is 6.54 Å². The highest BCUT2D eigenvalue weighted by Gasteiger charge is 2.18. The van der Waals surface area contributed by atoms with E-state index >= 15 is 0 Å². The summed E-state index contributed by atoms with van der Waals surface area (Å²) in [5.74, 6) is -0.0446. The molecule has 0 aliphatic carbocycles. The number of hydrogen-bond acceptors (Lipinski definition) is 2. The molecule has 0 atom stereocenters. The normalized spacial score (nSPS) is 11.3. The Morgan fingerprint density at radius 2 is 1.80 bits per heavy atom. The van der Waals surface area contributed by atoms with Crippen molar-refractivity contribution in [3.05, 3.63) is 66.1 Å². The fourth-order valence-corrected chi connectivity index (χ4v) is 3.44. The van der Waals surface area contributed by atoms with E-state index < -0.39 is 0 Å². The van der Waals surface area contributed by atoms with Crippen molar-refractivity contribution < 1.29 is 4.79 Å². The molecule has 0 radical (unpaired) electrons. The van der Waals surface area contributed by atoms with Crippen LogP contribution in [0.15, 0.2) is 54.9 Å². The Morgan fingerprint density at radius 3 is 2.60 bits per heavy atom. The van der Waals surface area contributed by atoms with Gasteiger partial charge in [-0.1, -0.05) is 18.2 Å². The van der Waals surface area contributed by atoms with Crippen molar-refractivity contribution in [3.63, 3.8) is 0 Å². The van der Waals surface area contributed by atoms with Crippen molar-refractivity contribution in [3.8, 4) is 0 Å². The number of aryl methyl sites for hydroxylation is 2. The number of carbonyl (C=O) groups excluding carboxylic acids is 1. The third-order valence-electron chi connectivity index (χ3n) is 4.78. The third kappa shape index (κ3) is 2.58. The van der Waals surface area contributed by atoms with Gasteiger partial charge in [-0.05, 0) is 36.2 Å². The van der Waals surface area contributed by atoms with Crippen molar-refractivity contribution in [1.82, 2.24) is 19.4 Å². The smallest absolute Gasteiger partial charge is 0.268 e. The van der Waals surface area contributed by atoms with E-state index in [1.54, 1.807) is 12.4 Å². The molecule has 1 N–H and O–H groups in total. The Kier molecular flexibility index (Phi) is 3.76. The standard InChI is InChI=1S/C20H20N4O/c1-23-16-6-4-3-5-15(16)19-17(23)13-18(24(19)2)20(25)22-12-9-14-7-10-21-11-8-14/h3-8,10-11,13H,9,12H2,1-2H3,(H,22,25). The Balaban J connectivity index is 1.60. The highest BCUT2D eigenvalue weighted by Crippen LogP contribution is 2.30. The van der Waals surface area contributed by atoms with Gasteiger partial charge in [0.2, 0.25) is 0 Å². The van der Waals surface area contributed by atoms with Crippen molar-refractivity contribution in [2.45, 2.75) is 6.42 Å². The number of hydrogen-bond donors (Lipinski definition) is 1. The molecule has 4 rings (SSSR count). The van der Waals surface area contributed by atoms with Crippen LogP contribution < -0.4 is 5.32 Å². The predicted molar refractivity (Wildman–Crippen MR) is 99.7 cm³/mol. The molecule has 5 heteroatoms. The van der Waals surface area contributed by atoms with E-state index in [4.69, 9.17) is 0 Å². The molecule has 0 spiro atoms. The Hall–Kier alpha value is -3.08. The molecule has 0 saturated heterocycles. The summed E-state index contributed by atoms with van der Waals surface area (Å²) >= 11 is 0. The molecule has 0 aliphatic rings. The number of fused-ring (bicyclic) bond motifs is 3. The zero-order valence-corrected chi connectivity index (χ0v) is 14.4. The molecule has 5 nitrogen and oxygen atoms in total. The second kappa shape index (κ2) is 6.09. The van der Waals surface area contributed by atoms with Crippen LogP contribution in [-0.4, -0.2) is 26.6 Å². The van der Waals surface area contributed by atoms with Crippen molar-refractivity contribution in [1.29, 1.82) is 0 Å². The van der Waals surface area contributed by atoms with E-state index in [9.17, 15) is 4.79 Å². The summed E-state index contributed by atoms with van der Waals surface area (Å²) in [5, 5.41) is 4.18. The largest absolute Gasteiger partial charge is 0.350 e. The van der Waals surface area contributed by atoms with Crippen molar-refractivity contribution in [2.24, 2.45) is 14.1 Å². The molecule has 25 heavy (non-hydrogen) atoms. The van der Waals surface area contributed by atoms with Crippen LogP contribution in [0.5, 0.6) is 0 Å². The van der Waals surface area contributed by atoms with Gasteiger partial charge in [-0.3, -0.25) is 9.78 Å². The maximum atomic E-state index is 12.6. The highest BCUT2D eigenvalue weighted by molar-refractivity contribution is 6.10. The lowest BCUT2D eigenvalue weighted by Gasteiger charge is -2.07. The minimum absolute atomic E-state index is 0.0446. The fraction of sp³-hybridized carbons (Fsp3) is 0.200. The molecule has 0 fully saturated rings. The van der Waals surface area contributed by atoms with Gasteiger partial charge in [0.15, 0.2) is 0 Å². The van der Waals surface area contributed by atoms with Crippen LogP contribution in [0, 0.1) is 0 Å². The number of para-hydroxylation sites is 1. The van der Waals surface area contributed by atoms with E-state index in [-0.39, 0.29) is 5.91 Å². The number of carbonyl (C=O) groups is 1. The Labute approximate surface area is 145 Å². The molecule has 0 unspecified atom stereocenters. The summed E-state index contributed by atoms with van der Waals surface area (Å²) in [7, 11) is 3.99. The summed E-state index contributed by atoms with van der Waals surface area (Å²) in [5.41, 5.74) is 5.19. The van der Waals surface area contributed by atoms with Crippen LogP contribution in [0.3, 0.4) is 0 Å². The molecule has 1 amide bonds. The van der Waals surface area contributed by atoms with Crippen LogP contribution in [0.1, 0.15) is 16.1 Å². The van der Waals surface area contributed by atoms with E-state index in [0.717, 1.165) is 17.5 Å². The zero-order valence-electron chi connectivity index (χ0n) is 14.4. The SMILES string of the molecule is Cn1c(C(=O)NCCc2ccncc2)cc2c1c1ccccc1n2C. The minimum atomic E-state index is -0.0446. The maximum absolute atomic E-state index is 12.6. The average Bonchev–Trinajstić information content (AvgIpc) is 3.12. The number of amides is 1. The van der Waals surface area contributed by atoms with Gasteiger partial charge in [0.1, 0.15) is 5.69 Å². The lowest BCUT2D eigenvalue weighted by Crippen LogP contribution is -2.27. The summed E-state index contributed by atoms with van der Waals surface area (Å²) in [6, 6.07) is 14.2. The number of pyridine rings is 1. The molecule has 1 aromatic carbocycles. The number of nitrogens with zero attached hydrogens (tertiary/aromatic N) is 3. The van der Waals surface area contributed by atoms with Crippen LogP contribution >= 0.6 is 0 Å². The summed E-state index contributed by atoms with van der Waals surface area (Å²) in [4.78, 5) is 16.6. The summed E-state index contributed by atoms with van der Waals surface area (Å²) in [6.07, 6.45) is 4.33. The first-order valence-electron chi connectivity index (χ1n) is 8.37. The lowest BCUT2D eigenvalue weighted by atomic mass is 10.2. The Bertz CT molecular complexity index is 1060. The molecular formula is C20H20N4O. The average molecular weight is 332 g/mol. The quantitative estimate of drug-likeness (QED) is 0.624. The van der Waals surface area contributed by atoms with E-state index in [1.807, 2.05) is 49.0 Å². The van der Waals surface area contributed by atoms with Crippen LogP contribution in [0.2, 0.25) is 0 Å². The van der Waals surface area contributed by atoms with Gasteiger partial charge in [-0.15, -0.1) is 0 Å². The first kappa shape index (κ1) is 15.4. The second-order valence-corrected chi connectivity index (χ2v) is 6.26. The first-order chi connectivity index (χ1) is 12.2. The number of benzene rings is 1. The first-order valence-corrected chi connectivity index (χ1v) is 8.37. The van der Waals surface area contributed by atoms with Gasteiger partial charge in [-0.2, -0.15) is 0 Å². The third-order valence-corrected chi connectivity index (χ3v) is 4.78. The summed E-state index contributed by atoms with van der Waals surface area (Å²) < 4.78 is 4.12. The fourth-order valence-electron chi connectivity index (χ4n) is 3.44. The number of nitrogens with one attached hydrogen (secondary N) is 1. The Morgan fingerprint density at radius 1 is 1.04 bits per heavy atom. The molecular weight excluding hydrogens is 312 g/mol. The molecule has 4 aromatic rings. The molecule has 0 saturated carbocycles. The van der Waals surface area contributed by atoms with Crippen LogP contribution in [-0.2, 0) is 20.5 Å². The van der Waals surface area contributed by atoms with Crippen molar-refractivity contribution >= 4 is 27.8 Å². The monoisotopic (exact) mass is 332 g/mol. The molecule has 126 valence electrons. The highest BCUT2D eigenvalue weighted by atomic mass is 16.1. The molecule has 3 heterocycles. The van der Waals surface area contributed by atoms with Gasteiger partial charge in [0.25, 0.3) is 5.91 Å². The predicted octanol–water partition coefficient (Wildman–Crippen LogP) is 3.04. The molecule has 0 aliphatic heterocycles. The lowest BCUT2D eigenvalue weighted by molar-refractivity contribution is 0.0946. The number of aromatic nitrogens is 3. The van der Waals surface area contributed by atoms with Crippen LogP contribution in [0.25, 0.3) is 21.9 Å². The van der Waals surface area contributed by atoms with Crippen LogP contribution in [0.4, 0.5) is 0 Å². The van der Waals surface area contributed by atoms with Gasteiger partial charge in [0, 0.05) is 38.4 Å². The van der Waals surface area contributed by atoms with Gasteiger partial charge >= 0.3 is 0 Å². The van der Waals surface area contributed by atoms with E-state index in [0.29, 0.717) is 12.2 Å². The zero-order chi connectivity index (χ0) is 17.4. The number of rotatable bonds is 4. The maximum Gasteiger partial charge on any atom is 0.268 e. The van der Waals surface area contributed by atoms with E-state index in [2.05, 4.69) is 27.0 Å². The topological polar surface area (TPSA) is 51.9 Å². The molecule has 0 bridgehead atoms. The second-order valence-electron chi connectivity index (χ2n) is 6.26. The van der Waals surface area contributed by atoms with Gasteiger partial charge < -0.3 is 14.5 Å². The van der Waals surface area contributed by atoms with Gasteiger partial charge in [0.05, 0.1) is 16.6 Å². The van der Waals surface area contributed by atoms with Gasteiger partial charge in [-0.25, -0.2) is 0 Å². The molecule has 3 aromatic heterocycles. The van der Waals surface area contributed by atoms with E-state index in [1.165, 1.54) is 16.5 Å². The minimum Gasteiger partial charge on any atom is -0.350 e.